The molecule has 0 aromatic heterocycles. The molecule has 0 aliphatic heterocycles. The zero-order valence-electron chi connectivity index (χ0n) is 17.9. The molecule has 0 saturated heterocycles. The molecule has 5 nitrogen and oxygen atoms in total. The van der Waals surface area contributed by atoms with E-state index in [0.717, 1.165) is 12.8 Å². The average molecular weight is 419 g/mol. The highest BCUT2D eigenvalue weighted by Crippen LogP contribution is 2.36. The van der Waals surface area contributed by atoms with Gasteiger partial charge in [0.25, 0.3) is 0 Å². The normalized spacial score (nSPS) is 11.6. The summed E-state index contributed by atoms with van der Waals surface area (Å²) in [6.45, 7) is 3.13. The van der Waals surface area contributed by atoms with Crippen molar-refractivity contribution >= 4 is 38.2 Å². The van der Waals surface area contributed by atoms with Gasteiger partial charge < -0.3 is 20.5 Å². The van der Waals surface area contributed by atoms with Gasteiger partial charge in [0.1, 0.15) is 0 Å². The number of nitrogens with two attached hydrogens (primary N) is 1. The van der Waals surface area contributed by atoms with E-state index in [1.807, 2.05) is 0 Å². The molecule has 162 valence electrons. The molecule has 4 rings (SSSR count). The Bertz CT molecular complexity index is 1130. The number of benzene rings is 4. The first-order valence-corrected chi connectivity index (χ1v) is 11.1. The fourth-order valence-electron chi connectivity index (χ4n) is 4.21. The maximum absolute atomic E-state index is 12.1. The molecule has 0 bridgehead atoms. The van der Waals surface area contributed by atoms with Crippen LogP contribution < -0.4 is 11.1 Å². The Balaban J connectivity index is 1.29. The molecule has 4 aromatic rings. The van der Waals surface area contributed by atoms with Gasteiger partial charge in [-0.2, -0.15) is 0 Å². The molecule has 0 unspecified atom stereocenters. The summed E-state index contributed by atoms with van der Waals surface area (Å²) in [5.74, 6) is 0.0701. The van der Waals surface area contributed by atoms with Crippen LogP contribution in [0.2, 0.25) is 0 Å². The van der Waals surface area contributed by atoms with Gasteiger partial charge in [-0.05, 0) is 50.7 Å². The number of carbonyl (C=O) groups excluding carboxylic acids is 1. The fraction of sp³-hybridized carbons (Fsp3) is 0.346. The Morgan fingerprint density at radius 2 is 1.48 bits per heavy atom. The van der Waals surface area contributed by atoms with E-state index in [9.17, 15) is 4.79 Å². The highest BCUT2D eigenvalue weighted by molar-refractivity contribution is 6.23. The summed E-state index contributed by atoms with van der Waals surface area (Å²) in [6, 6.07) is 19.7. The van der Waals surface area contributed by atoms with E-state index in [1.54, 1.807) is 0 Å². The van der Waals surface area contributed by atoms with Crippen LogP contribution in [0.1, 0.15) is 18.4 Å². The van der Waals surface area contributed by atoms with Crippen molar-refractivity contribution in [2.45, 2.75) is 19.3 Å². The van der Waals surface area contributed by atoms with Crippen LogP contribution in [0.3, 0.4) is 0 Å². The number of carbonyl (C=O) groups is 1. The molecule has 4 aromatic carbocycles. The summed E-state index contributed by atoms with van der Waals surface area (Å²) in [4.78, 5) is 12.1. The molecule has 0 spiro atoms. The summed E-state index contributed by atoms with van der Waals surface area (Å²) in [7, 11) is 0. The SMILES string of the molecule is NCCOCCOCCNC(=O)CCCc1ccc2ccc3cccc4ccc1c2c34. The fourth-order valence-corrected chi connectivity index (χ4v) is 4.21. The topological polar surface area (TPSA) is 73.6 Å². The summed E-state index contributed by atoms with van der Waals surface area (Å²) in [6.07, 6.45) is 2.22. The Morgan fingerprint density at radius 3 is 2.26 bits per heavy atom. The van der Waals surface area contributed by atoms with E-state index in [4.69, 9.17) is 15.2 Å². The molecular weight excluding hydrogens is 388 g/mol. The number of ether oxygens (including phenoxy) is 2. The van der Waals surface area contributed by atoms with E-state index in [-0.39, 0.29) is 5.91 Å². The lowest BCUT2D eigenvalue weighted by atomic mass is 9.90. The van der Waals surface area contributed by atoms with Gasteiger partial charge >= 0.3 is 0 Å². The maximum atomic E-state index is 12.1. The zero-order valence-corrected chi connectivity index (χ0v) is 17.9. The lowest BCUT2D eigenvalue weighted by molar-refractivity contribution is -0.121. The van der Waals surface area contributed by atoms with Gasteiger partial charge in [-0.1, -0.05) is 54.6 Å². The van der Waals surface area contributed by atoms with E-state index >= 15 is 0 Å². The van der Waals surface area contributed by atoms with Gasteiger partial charge in [0.05, 0.1) is 26.4 Å². The van der Waals surface area contributed by atoms with Crippen LogP contribution in [-0.2, 0) is 20.7 Å². The second kappa shape index (κ2) is 10.5. The second-order valence-corrected chi connectivity index (χ2v) is 7.80. The lowest BCUT2D eigenvalue weighted by Gasteiger charge is -2.14. The monoisotopic (exact) mass is 418 g/mol. The summed E-state index contributed by atoms with van der Waals surface area (Å²) in [5, 5.41) is 10.7. The van der Waals surface area contributed by atoms with Crippen LogP contribution in [0.4, 0.5) is 0 Å². The number of amides is 1. The molecule has 0 aliphatic rings. The van der Waals surface area contributed by atoms with Crippen molar-refractivity contribution in [3.63, 3.8) is 0 Å². The van der Waals surface area contributed by atoms with Crippen LogP contribution in [0, 0.1) is 0 Å². The van der Waals surface area contributed by atoms with Crippen molar-refractivity contribution in [3.8, 4) is 0 Å². The van der Waals surface area contributed by atoms with Gasteiger partial charge in [0, 0.05) is 19.5 Å². The largest absolute Gasteiger partial charge is 0.378 e. The van der Waals surface area contributed by atoms with Crippen molar-refractivity contribution in [2.24, 2.45) is 5.73 Å². The van der Waals surface area contributed by atoms with E-state index in [0.29, 0.717) is 45.9 Å². The van der Waals surface area contributed by atoms with Crippen molar-refractivity contribution in [1.29, 1.82) is 0 Å². The Hall–Kier alpha value is -2.73. The predicted molar refractivity (Wildman–Crippen MR) is 127 cm³/mol. The smallest absolute Gasteiger partial charge is 0.220 e. The molecule has 0 fully saturated rings. The number of aryl methyl sites for hydroxylation is 1. The third-order valence-electron chi connectivity index (χ3n) is 5.67. The molecule has 0 saturated carbocycles. The molecule has 31 heavy (non-hydrogen) atoms. The molecule has 5 heteroatoms. The highest BCUT2D eigenvalue weighted by Gasteiger charge is 2.11. The number of hydrogen-bond acceptors (Lipinski definition) is 4. The molecular formula is C26H30N2O3. The van der Waals surface area contributed by atoms with Crippen molar-refractivity contribution in [3.05, 3.63) is 60.2 Å². The third kappa shape index (κ3) is 5.13. The van der Waals surface area contributed by atoms with Gasteiger partial charge in [0.15, 0.2) is 0 Å². The number of nitrogens with one attached hydrogen (secondary N) is 1. The van der Waals surface area contributed by atoms with Gasteiger partial charge in [0.2, 0.25) is 5.91 Å². The minimum Gasteiger partial charge on any atom is -0.378 e. The van der Waals surface area contributed by atoms with Crippen LogP contribution in [0.25, 0.3) is 32.3 Å². The lowest BCUT2D eigenvalue weighted by Crippen LogP contribution is -2.27. The minimum absolute atomic E-state index is 0.0701. The second-order valence-electron chi connectivity index (χ2n) is 7.80. The maximum Gasteiger partial charge on any atom is 0.220 e. The molecule has 0 heterocycles. The van der Waals surface area contributed by atoms with Crippen LogP contribution in [0.15, 0.2) is 54.6 Å². The molecule has 1 amide bonds. The Kier molecular flexibility index (Phi) is 7.30. The predicted octanol–water partition coefficient (Wildman–Crippen LogP) is 4.01. The van der Waals surface area contributed by atoms with Crippen molar-refractivity contribution < 1.29 is 14.3 Å². The molecule has 0 atom stereocenters. The summed E-state index contributed by atoms with van der Waals surface area (Å²) < 4.78 is 10.7. The third-order valence-corrected chi connectivity index (χ3v) is 5.67. The molecule has 0 aliphatic carbocycles. The van der Waals surface area contributed by atoms with Gasteiger partial charge in [-0.15, -0.1) is 0 Å². The van der Waals surface area contributed by atoms with E-state index in [1.165, 1.54) is 37.9 Å². The van der Waals surface area contributed by atoms with E-state index in [2.05, 4.69) is 59.9 Å². The van der Waals surface area contributed by atoms with E-state index < -0.39 is 0 Å². The quantitative estimate of drug-likeness (QED) is 0.269. The molecule has 3 N–H and O–H groups in total. The van der Waals surface area contributed by atoms with Gasteiger partial charge in [-0.25, -0.2) is 0 Å². The van der Waals surface area contributed by atoms with Crippen molar-refractivity contribution in [2.75, 3.05) is 39.5 Å². The first kappa shape index (κ1) is 21.5. The van der Waals surface area contributed by atoms with Crippen LogP contribution in [0.5, 0.6) is 0 Å². The summed E-state index contributed by atoms with van der Waals surface area (Å²) in [5.41, 5.74) is 6.65. The number of hydrogen-bond donors (Lipinski definition) is 2. The van der Waals surface area contributed by atoms with Crippen molar-refractivity contribution in [1.82, 2.24) is 5.32 Å². The standard InChI is InChI=1S/C26H30N2O3/c27-13-15-30-17-18-31-16-14-28-24(29)6-2-3-19-7-8-22-10-9-20-4-1-5-21-11-12-23(19)26(22)25(20)21/h1,4-5,7-12H,2-3,6,13-18,27H2,(H,28,29). The minimum atomic E-state index is 0.0701. The van der Waals surface area contributed by atoms with Gasteiger partial charge in [-0.3, -0.25) is 4.79 Å². The first-order chi connectivity index (χ1) is 15.3. The Labute approximate surface area is 182 Å². The number of rotatable bonds is 12. The highest BCUT2D eigenvalue weighted by atomic mass is 16.5. The molecule has 0 radical (unpaired) electrons. The summed E-state index contributed by atoms with van der Waals surface area (Å²) >= 11 is 0. The zero-order chi connectivity index (χ0) is 21.5. The average Bonchev–Trinajstić information content (AvgIpc) is 2.80. The Morgan fingerprint density at radius 1 is 0.806 bits per heavy atom. The first-order valence-electron chi connectivity index (χ1n) is 11.1. The van der Waals surface area contributed by atoms with Crippen LogP contribution >= 0.6 is 0 Å². The van der Waals surface area contributed by atoms with Crippen LogP contribution in [-0.4, -0.2) is 45.4 Å².